The first-order chi connectivity index (χ1) is 10.7. The molecule has 2 saturated heterocycles. The molecule has 1 aromatic heterocycles. The number of halogens is 1. The van der Waals surface area contributed by atoms with Crippen LogP contribution in [-0.2, 0) is 9.53 Å². The molecular weight excluding hydrogens is 302 g/mol. The van der Waals surface area contributed by atoms with Gasteiger partial charge in [0.15, 0.2) is 0 Å². The lowest BCUT2D eigenvalue weighted by Crippen LogP contribution is -2.42. The van der Waals surface area contributed by atoms with Crippen molar-refractivity contribution in [3.8, 4) is 0 Å². The minimum absolute atomic E-state index is 0.284. The smallest absolute Gasteiger partial charge is 0.223 e. The zero-order valence-corrected chi connectivity index (χ0v) is 13.5. The number of amides is 1. The minimum atomic E-state index is 0.284. The van der Waals surface area contributed by atoms with Gasteiger partial charge < -0.3 is 14.5 Å². The molecule has 120 valence electrons. The average Bonchev–Trinajstić information content (AvgIpc) is 2.57. The van der Waals surface area contributed by atoms with Crippen molar-refractivity contribution in [3.63, 3.8) is 0 Å². The lowest BCUT2D eigenvalue weighted by Gasteiger charge is -2.34. The van der Waals surface area contributed by atoms with Gasteiger partial charge in [-0.25, -0.2) is 4.98 Å². The summed E-state index contributed by atoms with van der Waals surface area (Å²) in [4.78, 5) is 20.9. The van der Waals surface area contributed by atoms with E-state index in [1.807, 2.05) is 17.0 Å². The Kier molecular flexibility index (Phi) is 5.16. The number of pyridine rings is 1. The highest BCUT2D eigenvalue weighted by Gasteiger charge is 2.25. The quantitative estimate of drug-likeness (QED) is 0.855. The van der Waals surface area contributed by atoms with E-state index in [-0.39, 0.29) is 5.91 Å². The number of carbonyl (C=O) groups is 1. The summed E-state index contributed by atoms with van der Waals surface area (Å²) in [5.41, 5.74) is 0. The molecule has 0 unspecified atom stereocenters. The molecule has 0 N–H and O–H groups in total. The van der Waals surface area contributed by atoms with Gasteiger partial charge in [-0.1, -0.05) is 11.6 Å². The fraction of sp³-hybridized carbons (Fsp3) is 0.625. The molecule has 0 atom stereocenters. The number of rotatable bonds is 3. The van der Waals surface area contributed by atoms with Crippen molar-refractivity contribution in [2.45, 2.75) is 19.3 Å². The highest BCUT2D eigenvalue weighted by atomic mass is 35.5. The molecule has 0 aromatic carbocycles. The zero-order valence-electron chi connectivity index (χ0n) is 12.7. The third-order valence-corrected chi connectivity index (χ3v) is 4.70. The number of piperidine rings is 1. The van der Waals surface area contributed by atoms with Crippen molar-refractivity contribution in [3.05, 3.63) is 23.4 Å². The van der Waals surface area contributed by atoms with E-state index in [1.54, 1.807) is 6.20 Å². The van der Waals surface area contributed by atoms with E-state index >= 15 is 0 Å². The predicted molar refractivity (Wildman–Crippen MR) is 86.2 cm³/mol. The monoisotopic (exact) mass is 323 g/mol. The molecule has 2 fully saturated rings. The number of aromatic nitrogens is 1. The number of nitrogens with zero attached hydrogens (tertiary/aromatic N) is 3. The maximum absolute atomic E-state index is 12.3. The Hall–Kier alpha value is -1.33. The number of hydrogen-bond donors (Lipinski definition) is 0. The van der Waals surface area contributed by atoms with Crippen LogP contribution in [0.2, 0.25) is 5.02 Å². The Morgan fingerprint density at radius 2 is 1.95 bits per heavy atom. The van der Waals surface area contributed by atoms with E-state index in [2.05, 4.69) is 9.88 Å². The fourth-order valence-electron chi connectivity index (χ4n) is 3.11. The van der Waals surface area contributed by atoms with Gasteiger partial charge in [-0.05, 0) is 30.9 Å². The Balaban J connectivity index is 1.47. The number of anilines is 1. The normalized spacial score (nSPS) is 20.2. The first-order valence-electron chi connectivity index (χ1n) is 7.94. The van der Waals surface area contributed by atoms with Gasteiger partial charge in [0, 0.05) is 38.8 Å². The van der Waals surface area contributed by atoms with Crippen LogP contribution in [0.5, 0.6) is 0 Å². The van der Waals surface area contributed by atoms with Crippen LogP contribution in [0.1, 0.15) is 19.3 Å². The minimum Gasteiger partial charge on any atom is -0.378 e. The van der Waals surface area contributed by atoms with E-state index in [1.165, 1.54) is 0 Å². The number of carbonyl (C=O) groups excluding carboxylic acids is 1. The topological polar surface area (TPSA) is 45.7 Å². The molecule has 5 nitrogen and oxygen atoms in total. The molecule has 6 heteroatoms. The van der Waals surface area contributed by atoms with Crippen molar-refractivity contribution in [1.82, 2.24) is 9.88 Å². The summed E-state index contributed by atoms with van der Waals surface area (Å²) in [7, 11) is 0. The molecule has 2 aliphatic rings. The molecule has 1 amide bonds. The van der Waals surface area contributed by atoms with E-state index in [0.717, 1.165) is 44.8 Å². The van der Waals surface area contributed by atoms with Crippen molar-refractivity contribution in [2.24, 2.45) is 5.92 Å². The number of morpholine rings is 1. The molecule has 0 bridgehead atoms. The summed E-state index contributed by atoms with van der Waals surface area (Å²) < 4.78 is 5.29. The van der Waals surface area contributed by atoms with Gasteiger partial charge in [0.25, 0.3) is 0 Å². The van der Waals surface area contributed by atoms with Gasteiger partial charge in [0.2, 0.25) is 5.91 Å². The van der Waals surface area contributed by atoms with Crippen LogP contribution in [0.4, 0.5) is 5.82 Å². The second-order valence-electron chi connectivity index (χ2n) is 5.96. The standard InChI is InChI=1S/C16H22ClN3O2/c17-14-1-2-15(18-12-14)19-5-3-13(4-6-19)11-16(21)20-7-9-22-10-8-20/h1-2,12-13H,3-11H2. The van der Waals surface area contributed by atoms with Gasteiger partial charge in [-0.2, -0.15) is 0 Å². The molecule has 0 spiro atoms. The molecule has 3 heterocycles. The summed E-state index contributed by atoms with van der Waals surface area (Å²) in [6, 6.07) is 3.83. The first kappa shape index (κ1) is 15.6. The summed E-state index contributed by atoms with van der Waals surface area (Å²) >= 11 is 5.87. The molecule has 2 aliphatic heterocycles. The van der Waals surface area contributed by atoms with E-state index < -0.39 is 0 Å². The molecular formula is C16H22ClN3O2. The zero-order chi connectivity index (χ0) is 15.4. The third-order valence-electron chi connectivity index (χ3n) is 4.48. The first-order valence-corrected chi connectivity index (χ1v) is 8.32. The van der Waals surface area contributed by atoms with Crippen molar-refractivity contribution in [2.75, 3.05) is 44.3 Å². The van der Waals surface area contributed by atoms with Crippen molar-refractivity contribution < 1.29 is 9.53 Å². The summed E-state index contributed by atoms with van der Waals surface area (Å²) in [6.45, 7) is 4.74. The van der Waals surface area contributed by atoms with Gasteiger partial charge >= 0.3 is 0 Å². The summed E-state index contributed by atoms with van der Waals surface area (Å²) in [5.74, 6) is 1.74. The van der Waals surface area contributed by atoms with E-state index in [0.29, 0.717) is 30.6 Å². The lowest BCUT2D eigenvalue weighted by atomic mass is 9.93. The van der Waals surface area contributed by atoms with Crippen LogP contribution in [0.25, 0.3) is 0 Å². The average molecular weight is 324 g/mol. The maximum atomic E-state index is 12.3. The van der Waals surface area contributed by atoms with Crippen LogP contribution in [0.3, 0.4) is 0 Å². The Bertz CT molecular complexity index is 495. The number of hydrogen-bond acceptors (Lipinski definition) is 4. The SMILES string of the molecule is O=C(CC1CCN(c2ccc(Cl)cn2)CC1)N1CCOCC1. The Morgan fingerprint density at radius 3 is 2.59 bits per heavy atom. The molecule has 1 aromatic rings. The lowest BCUT2D eigenvalue weighted by molar-refractivity contribution is -0.136. The van der Waals surface area contributed by atoms with Gasteiger partial charge in [-0.3, -0.25) is 4.79 Å². The van der Waals surface area contributed by atoms with Crippen LogP contribution in [-0.4, -0.2) is 55.2 Å². The highest BCUT2D eigenvalue weighted by Crippen LogP contribution is 2.25. The molecule has 0 radical (unpaired) electrons. The second kappa shape index (κ2) is 7.29. The molecule has 0 saturated carbocycles. The van der Waals surface area contributed by atoms with Gasteiger partial charge in [0.1, 0.15) is 5.82 Å². The second-order valence-corrected chi connectivity index (χ2v) is 6.40. The van der Waals surface area contributed by atoms with Crippen LogP contribution < -0.4 is 4.90 Å². The summed E-state index contributed by atoms with van der Waals surface area (Å²) in [5, 5.41) is 0.662. The van der Waals surface area contributed by atoms with E-state index in [9.17, 15) is 4.79 Å². The Morgan fingerprint density at radius 1 is 1.23 bits per heavy atom. The van der Waals surface area contributed by atoms with E-state index in [4.69, 9.17) is 16.3 Å². The van der Waals surface area contributed by atoms with Crippen molar-refractivity contribution >= 4 is 23.3 Å². The van der Waals surface area contributed by atoms with Crippen molar-refractivity contribution in [1.29, 1.82) is 0 Å². The third kappa shape index (κ3) is 3.90. The molecule has 0 aliphatic carbocycles. The largest absolute Gasteiger partial charge is 0.378 e. The van der Waals surface area contributed by atoms with Gasteiger partial charge in [-0.15, -0.1) is 0 Å². The number of ether oxygens (including phenoxy) is 1. The van der Waals surface area contributed by atoms with Crippen LogP contribution in [0.15, 0.2) is 18.3 Å². The maximum Gasteiger partial charge on any atom is 0.223 e. The predicted octanol–water partition coefficient (Wildman–Crippen LogP) is 2.20. The van der Waals surface area contributed by atoms with Crippen LogP contribution >= 0.6 is 11.6 Å². The van der Waals surface area contributed by atoms with Gasteiger partial charge in [0.05, 0.1) is 18.2 Å². The molecule has 22 heavy (non-hydrogen) atoms. The molecule has 3 rings (SSSR count). The fourth-order valence-corrected chi connectivity index (χ4v) is 3.22. The highest BCUT2D eigenvalue weighted by molar-refractivity contribution is 6.30. The Labute approximate surface area is 136 Å². The summed E-state index contributed by atoms with van der Waals surface area (Å²) in [6.07, 6.45) is 4.44. The van der Waals surface area contributed by atoms with Crippen LogP contribution in [0, 0.1) is 5.92 Å².